The fourth-order valence-electron chi connectivity index (χ4n) is 2.50. The molecule has 0 aromatic heterocycles. The monoisotopic (exact) mass is 398 g/mol. The Hall–Kier alpha value is -3.26. The molecule has 0 radical (unpaired) electrons. The quantitative estimate of drug-likeness (QED) is 0.723. The van der Waals surface area contributed by atoms with Gasteiger partial charge in [-0.15, -0.1) is 0 Å². The molecule has 8 heteroatoms. The summed E-state index contributed by atoms with van der Waals surface area (Å²) in [6.07, 6.45) is 1.75. The van der Waals surface area contributed by atoms with Gasteiger partial charge < -0.3 is 14.9 Å². The summed E-state index contributed by atoms with van der Waals surface area (Å²) in [5, 5.41) is 18.8. The van der Waals surface area contributed by atoms with Gasteiger partial charge in [-0.25, -0.2) is 9.79 Å². The highest BCUT2D eigenvalue weighted by Crippen LogP contribution is 2.34. The second-order valence-corrected chi connectivity index (χ2v) is 6.83. The summed E-state index contributed by atoms with van der Waals surface area (Å²) in [7, 11) is 0. The van der Waals surface area contributed by atoms with Crippen molar-refractivity contribution in [2.75, 3.05) is 13.2 Å². The highest BCUT2D eigenvalue weighted by atomic mass is 32.2. The van der Waals surface area contributed by atoms with Gasteiger partial charge in [-0.05, 0) is 54.6 Å². The third-order valence-electron chi connectivity index (χ3n) is 3.80. The number of phenols is 1. The van der Waals surface area contributed by atoms with E-state index in [0.29, 0.717) is 28.1 Å². The number of carboxylic acid groups (broad SMARTS) is 1. The number of aliphatic carboxylic acids is 1. The highest BCUT2D eigenvalue weighted by Gasteiger charge is 2.32. The molecule has 2 aromatic rings. The number of phenolic OH excluding ortho intramolecular Hbond substituents is 1. The number of nitrogens with zero attached hydrogens (tertiary/aromatic N) is 2. The number of likely N-dealkylation sites (N-methyl/N-ethyl adjacent to an activating group) is 1. The van der Waals surface area contributed by atoms with Crippen LogP contribution in [0.3, 0.4) is 0 Å². The average molecular weight is 398 g/mol. The Morgan fingerprint density at radius 3 is 2.64 bits per heavy atom. The Morgan fingerprint density at radius 1 is 1.25 bits per heavy atom. The smallest absolute Gasteiger partial charge is 0.341 e. The lowest BCUT2D eigenvalue weighted by Gasteiger charge is -2.12. The molecular weight excluding hydrogens is 380 g/mol. The van der Waals surface area contributed by atoms with Crippen LogP contribution in [0.25, 0.3) is 6.08 Å². The summed E-state index contributed by atoms with van der Waals surface area (Å²) in [5.74, 6) is -0.633. The minimum atomic E-state index is -1.04. The molecule has 3 rings (SSSR count). The number of benzene rings is 2. The van der Waals surface area contributed by atoms with Gasteiger partial charge in [-0.1, -0.05) is 18.2 Å². The fourth-order valence-corrected chi connectivity index (χ4v) is 3.56. The molecule has 2 N–H and O–H groups in total. The van der Waals surface area contributed by atoms with Crippen LogP contribution in [-0.4, -0.2) is 45.3 Å². The third-order valence-corrected chi connectivity index (χ3v) is 4.81. The lowest BCUT2D eigenvalue weighted by Crippen LogP contribution is -2.28. The van der Waals surface area contributed by atoms with Gasteiger partial charge in [0.1, 0.15) is 11.5 Å². The van der Waals surface area contributed by atoms with E-state index < -0.39 is 12.6 Å². The van der Waals surface area contributed by atoms with E-state index >= 15 is 0 Å². The molecule has 1 heterocycles. The first-order chi connectivity index (χ1) is 13.5. The van der Waals surface area contributed by atoms with E-state index in [2.05, 4.69) is 4.99 Å². The Morgan fingerprint density at radius 2 is 2.00 bits per heavy atom. The second-order valence-electron chi connectivity index (χ2n) is 5.83. The van der Waals surface area contributed by atoms with Gasteiger partial charge in [0.2, 0.25) is 0 Å². The summed E-state index contributed by atoms with van der Waals surface area (Å²) in [6.45, 7) is 1.94. The van der Waals surface area contributed by atoms with Gasteiger partial charge in [0.15, 0.2) is 11.8 Å². The molecule has 28 heavy (non-hydrogen) atoms. The Kier molecular flexibility index (Phi) is 6.00. The normalized spacial score (nSPS) is 16.8. The summed E-state index contributed by atoms with van der Waals surface area (Å²) < 4.78 is 5.10. The zero-order chi connectivity index (χ0) is 20.1. The molecule has 1 saturated heterocycles. The first kappa shape index (κ1) is 19.5. The van der Waals surface area contributed by atoms with Crippen LogP contribution in [0.1, 0.15) is 12.5 Å². The van der Waals surface area contributed by atoms with Crippen molar-refractivity contribution in [3.63, 3.8) is 0 Å². The molecule has 0 unspecified atom stereocenters. The summed E-state index contributed by atoms with van der Waals surface area (Å²) >= 11 is 1.26. The first-order valence-corrected chi connectivity index (χ1v) is 9.31. The number of thioether (sulfide) groups is 1. The molecule has 1 amide bonds. The SMILES string of the molecule is CCN1C(=O)/C(=C/c2ccc(OCC(=O)O)cc2)SC1=Nc1cccc(O)c1. The van der Waals surface area contributed by atoms with Gasteiger partial charge >= 0.3 is 5.97 Å². The van der Waals surface area contributed by atoms with E-state index in [1.54, 1.807) is 53.4 Å². The molecule has 1 aliphatic rings. The topological polar surface area (TPSA) is 99.4 Å². The fraction of sp³-hybridized carbons (Fsp3) is 0.150. The maximum Gasteiger partial charge on any atom is 0.341 e. The molecule has 7 nitrogen and oxygen atoms in total. The largest absolute Gasteiger partial charge is 0.508 e. The number of amides is 1. The van der Waals surface area contributed by atoms with Crippen molar-refractivity contribution in [1.82, 2.24) is 4.90 Å². The van der Waals surface area contributed by atoms with Crippen molar-refractivity contribution in [2.45, 2.75) is 6.92 Å². The van der Waals surface area contributed by atoms with Crippen LogP contribution in [0, 0.1) is 0 Å². The minimum absolute atomic E-state index is 0.111. The molecule has 2 aromatic carbocycles. The van der Waals surface area contributed by atoms with Crippen LogP contribution >= 0.6 is 11.8 Å². The van der Waals surface area contributed by atoms with Crippen LogP contribution in [-0.2, 0) is 9.59 Å². The van der Waals surface area contributed by atoms with Gasteiger partial charge in [0, 0.05) is 12.6 Å². The Bertz CT molecular complexity index is 953. The Labute approximate surface area is 166 Å². The van der Waals surface area contributed by atoms with E-state index in [1.165, 1.54) is 17.8 Å². The van der Waals surface area contributed by atoms with Crippen LogP contribution in [0.4, 0.5) is 5.69 Å². The standard InChI is InChI=1S/C20H18N2O5S/c1-2-22-19(26)17(28-20(22)21-14-4-3-5-15(23)11-14)10-13-6-8-16(9-7-13)27-12-18(24)25/h3-11,23H,2,12H2,1H3,(H,24,25)/b17-10-,21-20?. The van der Waals surface area contributed by atoms with Gasteiger partial charge in [0.25, 0.3) is 5.91 Å². The second kappa shape index (κ2) is 8.62. The van der Waals surface area contributed by atoms with Crippen LogP contribution < -0.4 is 4.74 Å². The van der Waals surface area contributed by atoms with E-state index in [4.69, 9.17) is 9.84 Å². The van der Waals surface area contributed by atoms with Gasteiger partial charge in [-0.2, -0.15) is 0 Å². The minimum Gasteiger partial charge on any atom is -0.508 e. The molecule has 0 aliphatic carbocycles. The molecule has 1 fully saturated rings. The number of carboxylic acids is 1. The van der Waals surface area contributed by atoms with Crippen molar-refractivity contribution in [2.24, 2.45) is 4.99 Å². The van der Waals surface area contributed by atoms with Crippen LogP contribution in [0.2, 0.25) is 0 Å². The van der Waals surface area contributed by atoms with Gasteiger partial charge in [0.05, 0.1) is 10.6 Å². The van der Waals surface area contributed by atoms with Crippen molar-refractivity contribution in [1.29, 1.82) is 0 Å². The first-order valence-electron chi connectivity index (χ1n) is 8.50. The molecule has 1 aliphatic heterocycles. The highest BCUT2D eigenvalue weighted by molar-refractivity contribution is 8.18. The van der Waals surface area contributed by atoms with E-state index in [1.807, 2.05) is 6.92 Å². The zero-order valence-corrected chi connectivity index (χ0v) is 15.8. The summed E-state index contributed by atoms with van der Waals surface area (Å²) in [4.78, 5) is 29.8. The predicted octanol–water partition coefficient (Wildman–Crippen LogP) is 3.48. The number of amidine groups is 1. The summed E-state index contributed by atoms with van der Waals surface area (Å²) in [6, 6.07) is 13.3. The zero-order valence-electron chi connectivity index (χ0n) is 15.0. The predicted molar refractivity (Wildman–Crippen MR) is 108 cm³/mol. The van der Waals surface area contributed by atoms with Crippen LogP contribution in [0.15, 0.2) is 58.4 Å². The molecule has 144 valence electrons. The number of hydrogen-bond donors (Lipinski definition) is 2. The number of ether oxygens (including phenoxy) is 1. The maximum absolute atomic E-state index is 12.7. The number of carbonyl (C=O) groups excluding carboxylic acids is 1. The van der Waals surface area contributed by atoms with Crippen molar-refractivity contribution >= 4 is 40.6 Å². The van der Waals surface area contributed by atoms with E-state index in [9.17, 15) is 14.7 Å². The lowest BCUT2D eigenvalue weighted by atomic mass is 10.2. The lowest BCUT2D eigenvalue weighted by molar-refractivity contribution is -0.139. The number of carbonyl (C=O) groups is 2. The number of hydrogen-bond acceptors (Lipinski definition) is 6. The molecule has 0 bridgehead atoms. The number of aromatic hydroxyl groups is 1. The maximum atomic E-state index is 12.7. The van der Waals surface area contributed by atoms with E-state index in [0.717, 1.165) is 5.56 Å². The Balaban J connectivity index is 1.80. The molecule has 0 atom stereocenters. The molecule has 0 spiro atoms. The molecular formula is C20H18N2O5S. The van der Waals surface area contributed by atoms with Crippen molar-refractivity contribution < 1.29 is 24.5 Å². The van der Waals surface area contributed by atoms with Crippen molar-refractivity contribution in [3.05, 3.63) is 59.0 Å². The summed E-state index contributed by atoms with van der Waals surface area (Å²) in [5.41, 5.74) is 1.35. The number of rotatable bonds is 6. The van der Waals surface area contributed by atoms with Crippen molar-refractivity contribution in [3.8, 4) is 11.5 Å². The molecule has 0 saturated carbocycles. The third kappa shape index (κ3) is 4.72. The number of aliphatic imine (C=N–C) groups is 1. The van der Waals surface area contributed by atoms with Gasteiger partial charge in [-0.3, -0.25) is 9.69 Å². The van der Waals surface area contributed by atoms with E-state index in [-0.39, 0.29) is 11.7 Å². The average Bonchev–Trinajstić information content (AvgIpc) is 2.95. The van der Waals surface area contributed by atoms with Crippen LogP contribution in [0.5, 0.6) is 11.5 Å².